The van der Waals surface area contributed by atoms with E-state index < -0.39 is 11.6 Å². The smallest absolute Gasteiger partial charge is 0.267 e. The molecule has 0 saturated carbocycles. The fourth-order valence-corrected chi connectivity index (χ4v) is 3.12. The van der Waals surface area contributed by atoms with Gasteiger partial charge in [-0.2, -0.15) is 5.10 Å². The van der Waals surface area contributed by atoms with Crippen LogP contribution in [0.25, 0.3) is 22.6 Å². The largest absolute Gasteiger partial charge is 0.369 e. The van der Waals surface area contributed by atoms with Gasteiger partial charge in [-0.05, 0) is 29.8 Å². The van der Waals surface area contributed by atoms with Crippen molar-refractivity contribution in [3.8, 4) is 22.6 Å². The molecule has 0 bridgehead atoms. The minimum absolute atomic E-state index is 0.170. The third kappa shape index (κ3) is 5.51. The minimum atomic E-state index is -0.712. The predicted octanol–water partition coefficient (Wildman–Crippen LogP) is 3.92. The summed E-state index contributed by atoms with van der Waals surface area (Å²) in [5, 5.41) is 4.29. The first-order valence-electron chi connectivity index (χ1n) is 10.0. The Morgan fingerprint density at radius 3 is 2.39 bits per heavy atom. The Labute approximate surface area is 188 Å². The van der Waals surface area contributed by atoms with Crippen molar-refractivity contribution in [2.75, 3.05) is 14.1 Å². The number of hydrogen-bond donors (Lipinski definition) is 0. The Morgan fingerprint density at radius 2 is 1.70 bits per heavy atom. The third-order valence-electron chi connectivity index (χ3n) is 4.62. The lowest BCUT2D eigenvalue weighted by molar-refractivity contribution is 0.583. The van der Waals surface area contributed by atoms with Gasteiger partial charge in [0.05, 0.1) is 31.0 Å². The molecular formula is C24H20F2N6O. The van der Waals surface area contributed by atoms with E-state index in [1.165, 1.54) is 28.9 Å². The van der Waals surface area contributed by atoms with Gasteiger partial charge in [-0.15, -0.1) is 0 Å². The second kappa shape index (κ2) is 9.47. The Hall–Kier alpha value is -4.27. The highest BCUT2D eigenvalue weighted by Gasteiger charge is 2.09. The van der Waals surface area contributed by atoms with Crippen LogP contribution in [0.4, 0.5) is 14.5 Å². The van der Waals surface area contributed by atoms with Gasteiger partial charge in [-0.25, -0.2) is 28.4 Å². The van der Waals surface area contributed by atoms with E-state index in [0.717, 1.165) is 17.2 Å². The maximum Gasteiger partial charge on any atom is 0.267 e. The van der Waals surface area contributed by atoms with Gasteiger partial charge >= 0.3 is 0 Å². The van der Waals surface area contributed by atoms with Gasteiger partial charge in [-0.1, -0.05) is 18.2 Å². The summed E-state index contributed by atoms with van der Waals surface area (Å²) in [7, 11) is 3.74. The van der Waals surface area contributed by atoms with Crippen molar-refractivity contribution in [2.24, 2.45) is 4.99 Å². The number of aliphatic imine (C=N–C) groups is 1. The molecule has 33 heavy (non-hydrogen) atoms. The molecule has 4 aromatic rings. The van der Waals surface area contributed by atoms with Crippen molar-refractivity contribution < 1.29 is 8.78 Å². The summed E-state index contributed by atoms with van der Waals surface area (Å²) < 4.78 is 28.4. The zero-order valence-electron chi connectivity index (χ0n) is 18.0. The third-order valence-corrected chi connectivity index (χ3v) is 4.62. The first-order valence-corrected chi connectivity index (χ1v) is 10.0. The standard InChI is InChI=1S/C24H20F2N6O/c1-31(2)15-29-21-12-27-24(28-13-21)17-5-3-4-16(8-17)14-32-23(33)7-6-22(30-32)18-9-19(25)11-20(26)10-18/h3-13,15H,14H2,1-2H3. The highest BCUT2D eigenvalue weighted by Crippen LogP contribution is 2.20. The number of nitrogens with zero attached hydrogens (tertiary/aromatic N) is 6. The van der Waals surface area contributed by atoms with Gasteiger partial charge in [0, 0.05) is 37.4 Å². The molecule has 0 aliphatic rings. The van der Waals surface area contributed by atoms with Crippen molar-refractivity contribution in [3.63, 3.8) is 0 Å². The molecule has 2 aromatic heterocycles. The Kier molecular flexibility index (Phi) is 6.30. The Balaban J connectivity index is 1.59. The van der Waals surface area contributed by atoms with E-state index in [4.69, 9.17) is 0 Å². The number of rotatable bonds is 6. The van der Waals surface area contributed by atoms with Crippen LogP contribution < -0.4 is 5.56 Å². The molecule has 0 unspecified atom stereocenters. The molecule has 0 atom stereocenters. The number of aromatic nitrogens is 4. The van der Waals surface area contributed by atoms with E-state index >= 15 is 0 Å². The summed E-state index contributed by atoms with van der Waals surface area (Å²) in [5.41, 5.74) is 2.40. The summed E-state index contributed by atoms with van der Waals surface area (Å²) in [6, 6.07) is 13.3. The predicted molar refractivity (Wildman–Crippen MR) is 122 cm³/mol. The fourth-order valence-electron chi connectivity index (χ4n) is 3.12. The van der Waals surface area contributed by atoms with Crippen LogP contribution in [0, 0.1) is 11.6 Å². The molecule has 0 spiro atoms. The van der Waals surface area contributed by atoms with Crippen molar-refractivity contribution in [2.45, 2.75) is 6.54 Å². The molecule has 0 radical (unpaired) electrons. The maximum atomic E-state index is 13.6. The van der Waals surface area contributed by atoms with Crippen molar-refractivity contribution in [1.29, 1.82) is 0 Å². The second-order valence-corrected chi connectivity index (χ2v) is 7.55. The van der Waals surface area contributed by atoms with E-state index in [-0.39, 0.29) is 17.7 Å². The molecule has 0 saturated heterocycles. The van der Waals surface area contributed by atoms with Gasteiger partial charge < -0.3 is 4.90 Å². The van der Waals surface area contributed by atoms with Crippen molar-refractivity contribution >= 4 is 12.0 Å². The number of halogens is 2. The summed E-state index contributed by atoms with van der Waals surface area (Å²) in [4.78, 5) is 27.1. The molecule has 0 fully saturated rings. The molecule has 9 heteroatoms. The molecule has 166 valence electrons. The zero-order valence-corrected chi connectivity index (χ0v) is 18.0. The number of hydrogen-bond acceptors (Lipinski definition) is 5. The number of benzene rings is 2. The van der Waals surface area contributed by atoms with E-state index in [9.17, 15) is 13.6 Å². The van der Waals surface area contributed by atoms with Crippen LogP contribution in [-0.2, 0) is 6.54 Å². The molecule has 2 aromatic carbocycles. The summed E-state index contributed by atoms with van der Waals surface area (Å²) in [5.74, 6) is -0.906. The molecule has 7 nitrogen and oxygen atoms in total. The van der Waals surface area contributed by atoms with Crippen LogP contribution in [0.1, 0.15) is 5.56 Å². The summed E-state index contributed by atoms with van der Waals surface area (Å²) in [6.45, 7) is 0.170. The van der Waals surface area contributed by atoms with Crippen LogP contribution in [-0.4, -0.2) is 45.1 Å². The molecule has 0 amide bonds. The zero-order chi connectivity index (χ0) is 23.4. The van der Waals surface area contributed by atoms with Crippen LogP contribution in [0.2, 0.25) is 0 Å². The lowest BCUT2D eigenvalue weighted by Gasteiger charge is -2.09. The fraction of sp³-hybridized carbons (Fsp3) is 0.125. The first kappa shape index (κ1) is 21.9. The van der Waals surface area contributed by atoms with Crippen LogP contribution in [0.5, 0.6) is 0 Å². The van der Waals surface area contributed by atoms with E-state index in [0.29, 0.717) is 17.2 Å². The van der Waals surface area contributed by atoms with E-state index in [2.05, 4.69) is 20.1 Å². The van der Waals surface area contributed by atoms with Crippen molar-refractivity contribution in [1.82, 2.24) is 24.6 Å². The topological polar surface area (TPSA) is 76.3 Å². The highest BCUT2D eigenvalue weighted by molar-refractivity contribution is 5.61. The van der Waals surface area contributed by atoms with Gasteiger partial charge in [0.2, 0.25) is 0 Å². The average molecular weight is 446 g/mol. The van der Waals surface area contributed by atoms with Crippen molar-refractivity contribution in [3.05, 3.63) is 94.5 Å². The maximum absolute atomic E-state index is 13.6. The average Bonchev–Trinajstić information content (AvgIpc) is 2.79. The normalized spacial score (nSPS) is 11.2. The van der Waals surface area contributed by atoms with Crippen LogP contribution in [0.15, 0.2) is 76.8 Å². The Bertz CT molecular complexity index is 1350. The summed E-state index contributed by atoms with van der Waals surface area (Å²) >= 11 is 0. The molecule has 2 heterocycles. The quantitative estimate of drug-likeness (QED) is 0.332. The van der Waals surface area contributed by atoms with Gasteiger partial charge in [-0.3, -0.25) is 4.79 Å². The molecular weight excluding hydrogens is 426 g/mol. The van der Waals surface area contributed by atoms with Crippen LogP contribution >= 0.6 is 0 Å². The minimum Gasteiger partial charge on any atom is -0.369 e. The molecule has 0 N–H and O–H groups in total. The molecule has 0 aliphatic heterocycles. The summed E-state index contributed by atoms with van der Waals surface area (Å²) in [6.07, 6.45) is 4.92. The molecule has 4 rings (SSSR count). The lowest BCUT2D eigenvalue weighted by atomic mass is 10.1. The van der Waals surface area contributed by atoms with Crippen LogP contribution in [0.3, 0.4) is 0 Å². The molecule has 0 aliphatic carbocycles. The van der Waals surface area contributed by atoms with Gasteiger partial charge in [0.1, 0.15) is 17.3 Å². The monoisotopic (exact) mass is 446 g/mol. The van der Waals surface area contributed by atoms with E-state index in [1.54, 1.807) is 18.7 Å². The second-order valence-electron chi connectivity index (χ2n) is 7.55. The first-order chi connectivity index (χ1) is 15.9. The Morgan fingerprint density at radius 1 is 0.970 bits per heavy atom. The van der Waals surface area contributed by atoms with E-state index in [1.807, 2.05) is 43.3 Å². The van der Waals surface area contributed by atoms with Gasteiger partial charge in [0.25, 0.3) is 5.56 Å². The highest BCUT2D eigenvalue weighted by atomic mass is 19.1. The SMILES string of the molecule is CN(C)C=Nc1cnc(-c2cccc(Cn3nc(-c4cc(F)cc(F)c4)ccc3=O)c2)nc1. The van der Waals surface area contributed by atoms with Gasteiger partial charge in [0.15, 0.2) is 5.82 Å². The lowest BCUT2D eigenvalue weighted by Crippen LogP contribution is -2.22.